The van der Waals surface area contributed by atoms with E-state index in [-0.39, 0.29) is 10.0 Å². The minimum absolute atomic E-state index is 0.0114. The normalized spacial score (nSPS) is 11.8. The molecule has 0 atom stereocenters. The summed E-state index contributed by atoms with van der Waals surface area (Å²) in [6.07, 6.45) is 3.29. The van der Waals surface area contributed by atoms with Crippen LogP contribution in [0.15, 0.2) is 41.6 Å². The van der Waals surface area contributed by atoms with E-state index in [9.17, 15) is 8.42 Å². The van der Waals surface area contributed by atoms with Gasteiger partial charge in [0.15, 0.2) is 0 Å². The topological polar surface area (TPSA) is 76.9 Å². The molecule has 3 aromatic rings. The van der Waals surface area contributed by atoms with Crippen molar-refractivity contribution in [2.45, 2.75) is 11.8 Å². The van der Waals surface area contributed by atoms with Crippen LogP contribution in [-0.2, 0) is 17.1 Å². The van der Waals surface area contributed by atoms with Crippen LogP contribution >= 0.6 is 11.6 Å². The third kappa shape index (κ3) is 2.42. The summed E-state index contributed by atoms with van der Waals surface area (Å²) in [4.78, 5) is 4.02. The number of hydrogen-bond donors (Lipinski definition) is 1. The van der Waals surface area contributed by atoms with Crippen molar-refractivity contribution in [2.24, 2.45) is 7.05 Å². The van der Waals surface area contributed by atoms with Gasteiger partial charge in [-0.3, -0.25) is 14.4 Å². The zero-order valence-electron chi connectivity index (χ0n) is 11.9. The van der Waals surface area contributed by atoms with Gasteiger partial charge in [-0.1, -0.05) is 23.7 Å². The molecule has 0 bridgehead atoms. The summed E-state index contributed by atoms with van der Waals surface area (Å²) in [5.41, 5.74) is 0.820. The average molecular weight is 337 g/mol. The molecule has 2 heterocycles. The molecule has 0 aliphatic carbocycles. The van der Waals surface area contributed by atoms with Crippen LogP contribution in [0.2, 0.25) is 5.15 Å². The Morgan fingerprint density at radius 2 is 2.05 bits per heavy atom. The van der Waals surface area contributed by atoms with Crippen molar-refractivity contribution in [1.82, 2.24) is 14.8 Å². The Balaban J connectivity index is 2.11. The number of pyridine rings is 1. The zero-order chi connectivity index (χ0) is 15.9. The van der Waals surface area contributed by atoms with Crippen LogP contribution in [0.3, 0.4) is 0 Å². The number of nitrogens with one attached hydrogen (secondary N) is 1. The maximum atomic E-state index is 12.6. The largest absolute Gasteiger partial charge is 0.279 e. The summed E-state index contributed by atoms with van der Waals surface area (Å²) >= 11 is 6.05. The molecule has 1 aromatic carbocycles. The van der Waals surface area contributed by atoms with E-state index < -0.39 is 10.0 Å². The number of aryl methyl sites for hydroxylation is 2. The first-order valence-corrected chi connectivity index (χ1v) is 8.31. The molecule has 6 nitrogen and oxygen atoms in total. The van der Waals surface area contributed by atoms with Gasteiger partial charge in [0.2, 0.25) is 0 Å². The maximum absolute atomic E-state index is 12.6. The predicted molar refractivity (Wildman–Crippen MR) is 85.5 cm³/mol. The number of anilines is 1. The molecule has 0 saturated carbocycles. The summed E-state index contributed by atoms with van der Waals surface area (Å²) in [7, 11) is -2.24. The van der Waals surface area contributed by atoms with E-state index in [1.807, 2.05) is 6.07 Å². The summed E-state index contributed by atoms with van der Waals surface area (Å²) in [6.45, 7) is 1.60. The van der Waals surface area contributed by atoms with Crippen molar-refractivity contribution in [3.8, 4) is 0 Å². The summed E-state index contributed by atoms with van der Waals surface area (Å²) in [6, 6.07) is 7.08. The second kappa shape index (κ2) is 5.26. The smallest absolute Gasteiger partial charge is 0.266 e. The average Bonchev–Trinajstić information content (AvgIpc) is 2.72. The SMILES string of the molecule is Cc1nn(C)c(Cl)c1S(=O)(=O)Nc1cccc2cnccc12. The van der Waals surface area contributed by atoms with Crippen molar-refractivity contribution in [1.29, 1.82) is 0 Å². The Morgan fingerprint density at radius 1 is 1.27 bits per heavy atom. The first-order valence-electron chi connectivity index (χ1n) is 6.45. The van der Waals surface area contributed by atoms with E-state index in [2.05, 4.69) is 14.8 Å². The van der Waals surface area contributed by atoms with Crippen molar-refractivity contribution in [3.05, 3.63) is 47.5 Å². The van der Waals surface area contributed by atoms with Crippen LogP contribution < -0.4 is 4.72 Å². The van der Waals surface area contributed by atoms with Crippen molar-refractivity contribution >= 4 is 38.1 Å². The standard InChI is InChI=1S/C14H13ClN4O2S/c1-9-13(14(15)19(2)17-9)22(20,21)18-12-5-3-4-10-8-16-7-6-11(10)12/h3-8,18H,1-2H3. The molecule has 0 aliphatic heterocycles. The first kappa shape index (κ1) is 14.8. The molecule has 0 radical (unpaired) electrons. The van der Waals surface area contributed by atoms with Crippen molar-refractivity contribution < 1.29 is 8.42 Å². The summed E-state index contributed by atoms with van der Waals surface area (Å²) < 4.78 is 29.2. The van der Waals surface area contributed by atoms with Gasteiger partial charge >= 0.3 is 0 Å². The van der Waals surface area contributed by atoms with Crippen LogP contribution in [0.5, 0.6) is 0 Å². The third-order valence-electron chi connectivity index (χ3n) is 3.29. The van der Waals surface area contributed by atoms with E-state index in [1.54, 1.807) is 44.6 Å². The molecule has 1 N–H and O–H groups in total. The number of nitrogens with zero attached hydrogens (tertiary/aromatic N) is 3. The highest BCUT2D eigenvalue weighted by atomic mass is 35.5. The van der Waals surface area contributed by atoms with Crippen LogP contribution in [0.4, 0.5) is 5.69 Å². The second-order valence-electron chi connectivity index (χ2n) is 4.84. The molecule has 0 unspecified atom stereocenters. The first-order chi connectivity index (χ1) is 10.4. The molecule has 3 rings (SSSR count). The number of hydrogen-bond acceptors (Lipinski definition) is 4. The lowest BCUT2D eigenvalue weighted by Gasteiger charge is -2.10. The number of aromatic nitrogens is 3. The van der Waals surface area contributed by atoms with Gasteiger partial charge in [0, 0.05) is 30.2 Å². The Morgan fingerprint density at radius 3 is 2.73 bits per heavy atom. The number of halogens is 1. The number of fused-ring (bicyclic) bond motifs is 1. The van der Waals surface area contributed by atoms with Crippen LogP contribution in [0.25, 0.3) is 10.8 Å². The molecule has 22 heavy (non-hydrogen) atoms. The Labute approximate surface area is 132 Å². The van der Waals surface area contributed by atoms with Gasteiger partial charge in [-0.25, -0.2) is 8.42 Å². The second-order valence-corrected chi connectivity index (χ2v) is 6.81. The van der Waals surface area contributed by atoms with E-state index in [0.29, 0.717) is 11.4 Å². The van der Waals surface area contributed by atoms with Crippen LogP contribution in [0, 0.1) is 6.92 Å². The monoisotopic (exact) mass is 336 g/mol. The lowest BCUT2D eigenvalue weighted by molar-refractivity contribution is 0.600. The van der Waals surface area contributed by atoms with Gasteiger partial charge in [0.05, 0.1) is 11.4 Å². The van der Waals surface area contributed by atoms with Gasteiger partial charge in [-0.2, -0.15) is 5.10 Å². The lowest BCUT2D eigenvalue weighted by Crippen LogP contribution is -2.14. The van der Waals surface area contributed by atoms with E-state index in [0.717, 1.165) is 10.8 Å². The Kier molecular flexibility index (Phi) is 3.54. The van der Waals surface area contributed by atoms with E-state index in [1.165, 1.54) is 4.68 Å². The number of benzene rings is 1. The fourth-order valence-electron chi connectivity index (χ4n) is 2.32. The van der Waals surface area contributed by atoms with Gasteiger partial charge in [0.1, 0.15) is 10.0 Å². The minimum atomic E-state index is -3.83. The molecule has 0 amide bonds. The highest BCUT2D eigenvalue weighted by molar-refractivity contribution is 7.93. The van der Waals surface area contributed by atoms with Crippen LogP contribution in [0.1, 0.15) is 5.69 Å². The maximum Gasteiger partial charge on any atom is 0.266 e. The van der Waals surface area contributed by atoms with Crippen molar-refractivity contribution in [3.63, 3.8) is 0 Å². The molecular weight excluding hydrogens is 324 g/mol. The van der Waals surface area contributed by atoms with E-state index in [4.69, 9.17) is 11.6 Å². The molecule has 0 aliphatic rings. The van der Waals surface area contributed by atoms with Crippen LogP contribution in [-0.4, -0.2) is 23.2 Å². The molecule has 0 spiro atoms. The molecule has 114 valence electrons. The quantitative estimate of drug-likeness (QED) is 0.797. The molecule has 8 heteroatoms. The van der Waals surface area contributed by atoms with E-state index >= 15 is 0 Å². The van der Waals surface area contributed by atoms with Gasteiger partial charge in [0.25, 0.3) is 10.0 Å². The van der Waals surface area contributed by atoms with Gasteiger partial charge in [-0.15, -0.1) is 0 Å². The van der Waals surface area contributed by atoms with Gasteiger partial charge in [-0.05, 0) is 19.1 Å². The minimum Gasteiger partial charge on any atom is -0.279 e. The highest BCUT2D eigenvalue weighted by Crippen LogP contribution is 2.29. The highest BCUT2D eigenvalue weighted by Gasteiger charge is 2.25. The summed E-state index contributed by atoms with van der Waals surface area (Å²) in [5.74, 6) is 0. The number of sulfonamides is 1. The fraction of sp³-hybridized carbons (Fsp3) is 0.143. The third-order valence-corrected chi connectivity index (χ3v) is 5.35. The Hall–Kier alpha value is -2.12. The zero-order valence-corrected chi connectivity index (χ0v) is 13.5. The molecular formula is C14H13ClN4O2S. The molecule has 2 aromatic heterocycles. The lowest BCUT2D eigenvalue weighted by atomic mass is 10.1. The molecule has 0 saturated heterocycles. The fourth-order valence-corrected chi connectivity index (χ4v) is 4.16. The summed E-state index contributed by atoms with van der Waals surface area (Å²) in [5, 5.41) is 5.72. The molecule has 0 fully saturated rings. The van der Waals surface area contributed by atoms with Gasteiger partial charge < -0.3 is 0 Å². The predicted octanol–water partition coefficient (Wildman–Crippen LogP) is 2.73. The van der Waals surface area contributed by atoms with Crippen molar-refractivity contribution in [2.75, 3.05) is 4.72 Å². The number of rotatable bonds is 3. The Bertz CT molecular complexity index is 961.